The van der Waals surface area contributed by atoms with Gasteiger partial charge in [0.25, 0.3) is 0 Å². The Balaban J connectivity index is 1.68. The van der Waals surface area contributed by atoms with Crippen LogP contribution in [0.4, 0.5) is 0 Å². The number of hydrogen-bond donors (Lipinski definition) is 0. The zero-order valence-corrected chi connectivity index (χ0v) is 24.9. The molecule has 0 bridgehead atoms. The molecule has 0 saturated heterocycles. The maximum absolute atomic E-state index is 5.93. The number of rotatable bonds is 11. The molecule has 4 aromatic carbocycles. The molecule has 0 spiro atoms. The van der Waals surface area contributed by atoms with Gasteiger partial charge in [-0.2, -0.15) is 0 Å². The van der Waals surface area contributed by atoms with Crippen LogP contribution in [0.15, 0.2) is 69.6 Å². The first-order valence-electron chi connectivity index (χ1n) is 13.5. The Morgan fingerprint density at radius 1 is 0.703 bits per heavy atom. The van der Waals surface area contributed by atoms with Crippen LogP contribution >= 0.6 is 31.9 Å². The summed E-state index contributed by atoms with van der Waals surface area (Å²) in [7, 11) is 0. The summed E-state index contributed by atoms with van der Waals surface area (Å²) in [5, 5.41) is 4.90. The van der Waals surface area contributed by atoms with Gasteiger partial charge >= 0.3 is 0 Å². The Kier molecular flexibility index (Phi) is 8.51. The summed E-state index contributed by atoms with van der Waals surface area (Å²) in [6.07, 6.45) is 8.43. The highest BCUT2D eigenvalue weighted by atomic mass is 79.9. The van der Waals surface area contributed by atoms with Gasteiger partial charge in [0, 0.05) is 31.8 Å². The van der Waals surface area contributed by atoms with E-state index in [2.05, 4.69) is 111 Å². The molecule has 5 aromatic rings. The van der Waals surface area contributed by atoms with Crippen molar-refractivity contribution in [1.82, 2.24) is 9.55 Å². The van der Waals surface area contributed by atoms with Gasteiger partial charge in [-0.1, -0.05) is 89.9 Å². The quantitative estimate of drug-likeness (QED) is 0.108. The molecule has 0 saturated carbocycles. The van der Waals surface area contributed by atoms with Crippen molar-refractivity contribution in [2.45, 2.75) is 65.3 Å². The zero-order chi connectivity index (χ0) is 25.8. The Bertz CT molecular complexity index is 1520. The predicted molar refractivity (Wildman–Crippen MR) is 165 cm³/mol. The topological polar surface area (TPSA) is 27.1 Å². The van der Waals surface area contributed by atoms with E-state index in [1.54, 1.807) is 0 Å². The molecule has 192 valence electrons. The first-order chi connectivity index (χ1) is 18.1. The van der Waals surface area contributed by atoms with E-state index in [4.69, 9.17) is 9.72 Å². The third-order valence-corrected chi connectivity index (χ3v) is 8.08. The van der Waals surface area contributed by atoms with Crippen LogP contribution < -0.4 is 4.74 Å². The lowest BCUT2D eigenvalue weighted by atomic mass is 10.00. The molecular formula is C32H34Br2N2O. The lowest BCUT2D eigenvalue weighted by Gasteiger charge is -2.13. The van der Waals surface area contributed by atoms with Crippen molar-refractivity contribution < 1.29 is 4.74 Å². The summed E-state index contributed by atoms with van der Waals surface area (Å²) in [6.45, 7) is 6.17. The molecule has 0 aliphatic rings. The van der Waals surface area contributed by atoms with E-state index in [9.17, 15) is 0 Å². The summed E-state index contributed by atoms with van der Waals surface area (Å²) in [5.74, 6) is 1.95. The number of hydrogen-bond acceptors (Lipinski definition) is 2. The van der Waals surface area contributed by atoms with Crippen LogP contribution in [0.3, 0.4) is 0 Å². The molecule has 0 N–H and O–H groups in total. The van der Waals surface area contributed by atoms with Crippen LogP contribution in [0, 0.1) is 0 Å². The van der Waals surface area contributed by atoms with Crippen molar-refractivity contribution in [1.29, 1.82) is 0 Å². The second-order valence-electron chi connectivity index (χ2n) is 9.80. The molecule has 0 atom stereocenters. The molecule has 0 aliphatic carbocycles. The lowest BCUT2D eigenvalue weighted by molar-refractivity contribution is 0.309. The van der Waals surface area contributed by atoms with Crippen molar-refractivity contribution in [2.75, 3.05) is 6.61 Å². The van der Waals surface area contributed by atoms with Gasteiger partial charge in [-0.05, 0) is 72.1 Å². The summed E-state index contributed by atoms with van der Waals surface area (Å²) in [4.78, 5) is 5.33. The largest absolute Gasteiger partial charge is 0.494 e. The van der Waals surface area contributed by atoms with Crippen molar-refractivity contribution in [2.24, 2.45) is 0 Å². The Labute approximate surface area is 236 Å². The normalized spacial score (nSPS) is 11.7. The molecule has 1 heterocycles. The molecule has 0 unspecified atom stereocenters. The van der Waals surface area contributed by atoms with E-state index in [-0.39, 0.29) is 0 Å². The first kappa shape index (κ1) is 26.2. The molecule has 0 aliphatic heterocycles. The van der Waals surface area contributed by atoms with Crippen molar-refractivity contribution in [3.05, 3.63) is 69.6 Å². The lowest BCUT2D eigenvalue weighted by Crippen LogP contribution is -2.02. The molecule has 1 aromatic heterocycles. The fourth-order valence-electron chi connectivity index (χ4n) is 5.15. The van der Waals surface area contributed by atoms with Crippen molar-refractivity contribution in [3.63, 3.8) is 0 Å². The summed E-state index contributed by atoms with van der Waals surface area (Å²) < 4.78 is 10.6. The van der Waals surface area contributed by atoms with E-state index in [1.165, 1.54) is 52.7 Å². The van der Waals surface area contributed by atoms with Gasteiger partial charge in [0.1, 0.15) is 11.6 Å². The molecule has 0 radical (unpaired) electrons. The van der Waals surface area contributed by atoms with E-state index < -0.39 is 0 Å². The minimum Gasteiger partial charge on any atom is -0.494 e. The van der Waals surface area contributed by atoms with Gasteiger partial charge in [0.15, 0.2) is 0 Å². The van der Waals surface area contributed by atoms with Crippen molar-refractivity contribution >= 4 is 64.4 Å². The van der Waals surface area contributed by atoms with Gasteiger partial charge in [0.05, 0.1) is 17.6 Å². The second kappa shape index (κ2) is 12.0. The van der Waals surface area contributed by atoms with Gasteiger partial charge in [0.2, 0.25) is 0 Å². The van der Waals surface area contributed by atoms with Gasteiger partial charge < -0.3 is 9.30 Å². The number of unbranched alkanes of at least 4 members (excludes halogenated alkanes) is 5. The second-order valence-corrected chi connectivity index (χ2v) is 11.6. The van der Waals surface area contributed by atoms with Crippen LogP contribution in [0.2, 0.25) is 0 Å². The number of ether oxygens (including phenoxy) is 1. The van der Waals surface area contributed by atoms with Crippen LogP contribution in [0.5, 0.6) is 5.75 Å². The number of nitrogens with zero attached hydrogens (tertiary/aromatic N) is 2. The van der Waals surface area contributed by atoms with Gasteiger partial charge in [-0.15, -0.1) is 0 Å². The SMILES string of the molecule is CCCCCCCn1c(-c2ccc(OCCCC)cc2)nc2c3ccc(Br)cc3c3cc(Br)ccc3c21. The fraction of sp³-hybridized carbons (Fsp3) is 0.344. The van der Waals surface area contributed by atoms with Gasteiger partial charge in [-0.25, -0.2) is 4.98 Å². The predicted octanol–water partition coefficient (Wildman–Crippen LogP) is 10.7. The van der Waals surface area contributed by atoms with Crippen LogP contribution in [0.25, 0.3) is 44.0 Å². The molecular weight excluding hydrogens is 588 g/mol. The van der Waals surface area contributed by atoms with Crippen LogP contribution in [0.1, 0.15) is 58.8 Å². The number of imidazole rings is 1. The molecule has 5 heteroatoms. The monoisotopic (exact) mass is 620 g/mol. The zero-order valence-electron chi connectivity index (χ0n) is 21.7. The highest BCUT2D eigenvalue weighted by Crippen LogP contribution is 2.39. The molecule has 5 rings (SSSR count). The Hall–Kier alpha value is -2.37. The maximum atomic E-state index is 5.93. The standard InChI is InChI=1S/C32H34Br2N2O/c1-3-5-7-8-9-18-36-31-27-17-13-24(34)21-29(27)28-20-23(33)12-16-26(28)30(31)35-32(36)22-10-14-25(15-11-22)37-19-6-4-2/h10-17,20-21H,3-9,18-19H2,1-2H3. The number of fused-ring (bicyclic) bond motifs is 6. The molecule has 0 amide bonds. The maximum Gasteiger partial charge on any atom is 0.141 e. The van der Waals surface area contributed by atoms with E-state index in [0.29, 0.717) is 0 Å². The molecule has 0 fully saturated rings. The number of halogens is 2. The summed E-state index contributed by atoms with van der Waals surface area (Å²) in [5.41, 5.74) is 3.43. The smallest absolute Gasteiger partial charge is 0.141 e. The number of aromatic nitrogens is 2. The highest BCUT2D eigenvalue weighted by molar-refractivity contribution is 9.10. The number of benzene rings is 4. The summed E-state index contributed by atoms with van der Waals surface area (Å²) in [6, 6.07) is 21.7. The average Bonchev–Trinajstić information content (AvgIpc) is 3.28. The average molecular weight is 622 g/mol. The number of aryl methyl sites for hydroxylation is 1. The highest BCUT2D eigenvalue weighted by Gasteiger charge is 2.19. The molecule has 3 nitrogen and oxygen atoms in total. The third-order valence-electron chi connectivity index (χ3n) is 7.10. The molecule has 37 heavy (non-hydrogen) atoms. The van der Waals surface area contributed by atoms with E-state index >= 15 is 0 Å². The minimum atomic E-state index is 0.759. The van der Waals surface area contributed by atoms with Gasteiger partial charge in [-0.3, -0.25) is 0 Å². The third kappa shape index (κ3) is 5.58. The minimum absolute atomic E-state index is 0.759. The first-order valence-corrected chi connectivity index (χ1v) is 15.1. The fourth-order valence-corrected chi connectivity index (χ4v) is 5.87. The van der Waals surface area contributed by atoms with Crippen LogP contribution in [-0.4, -0.2) is 16.2 Å². The van der Waals surface area contributed by atoms with Crippen molar-refractivity contribution in [3.8, 4) is 17.1 Å². The van der Waals surface area contributed by atoms with E-state index in [1.807, 2.05) is 0 Å². The van der Waals surface area contributed by atoms with Crippen LogP contribution in [-0.2, 0) is 6.54 Å². The Morgan fingerprint density at radius 3 is 2.05 bits per heavy atom. The van der Waals surface area contributed by atoms with E-state index in [0.717, 1.165) is 64.0 Å². The Morgan fingerprint density at radius 2 is 1.35 bits per heavy atom. The summed E-state index contributed by atoms with van der Waals surface area (Å²) >= 11 is 7.40.